The number of ether oxygens (including phenoxy) is 2. The summed E-state index contributed by atoms with van der Waals surface area (Å²) in [6, 6.07) is 30.8. The fourth-order valence-corrected chi connectivity index (χ4v) is 4.19. The van der Waals surface area contributed by atoms with Crippen molar-refractivity contribution in [1.29, 1.82) is 0 Å². The maximum absolute atomic E-state index is 12.4. The maximum Gasteiger partial charge on any atom is 0.135 e. The summed E-state index contributed by atoms with van der Waals surface area (Å²) in [6.07, 6.45) is 0.910. The molecular formula is C28H31NO3. The lowest BCUT2D eigenvalue weighted by molar-refractivity contribution is -0.130. The predicted octanol–water partition coefficient (Wildman–Crippen LogP) is 5.02. The van der Waals surface area contributed by atoms with E-state index in [-0.39, 0.29) is 12.1 Å². The molecule has 3 aromatic rings. The summed E-state index contributed by atoms with van der Waals surface area (Å²) in [7, 11) is 0. The van der Waals surface area contributed by atoms with Crippen molar-refractivity contribution in [3.05, 3.63) is 108 Å². The fraction of sp³-hybridized carbons (Fsp3) is 0.321. The Balaban J connectivity index is 1.47. The Morgan fingerprint density at radius 1 is 0.781 bits per heavy atom. The van der Waals surface area contributed by atoms with Crippen LogP contribution in [0.5, 0.6) is 0 Å². The Hall–Kier alpha value is -2.79. The van der Waals surface area contributed by atoms with Gasteiger partial charge in [0.05, 0.1) is 25.9 Å². The van der Waals surface area contributed by atoms with E-state index in [1.54, 1.807) is 0 Å². The number of hydrogen-bond acceptors (Lipinski definition) is 4. The molecule has 1 heterocycles. The van der Waals surface area contributed by atoms with E-state index in [1.807, 2.05) is 42.5 Å². The van der Waals surface area contributed by atoms with E-state index in [4.69, 9.17) is 9.47 Å². The number of piperidine rings is 1. The smallest absolute Gasteiger partial charge is 0.135 e. The molecule has 1 saturated heterocycles. The van der Waals surface area contributed by atoms with Crippen molar-refractivity contribution in [2.45, 2.75) is 44.7 Å². The number of carbonyl (C=O) groups is 1. The van der Waals surface area contributed by atoms with E-state index in [0.29, 0.717) is 38.4 Å². The van der Waals surface area contributed by atoms with Crippen molar-refractivity contribution < 1.29 is 14.3 Å². The van der Waals surface area contributed by atoms with Gasteiger partial charge in [-0.15, -0.1) is 0 Å². The minimum absolute atomic E-state index is 0.00376. The average Bonchev–Trinajstić information content (AvgIpc) is 2.84. The largest absolute Gasteiger partial charge is 0.374 e. The third-order valence-electron chi connectivity index (χ3n) is 5.94. The van der Waals surface area contributed by atoms with Crippen LogP contribution in [0.3, 0.4) is 0 Å². The zero-order valence-corrected chi connectivity index (χ0v) is 18.4. The quantitative estimate of drug-likeness (QED) is 0.454. The number of nitrogens with zero attached hydrogens (tertiary/aromatic N) is 1. The second-order valence-corrected chi connectivity index (χ2v) is 8.35. The highest BCUT2D eigenvalue weighted by atomic mass is 16.5. The first-order valence-corrected chi connectivity index (χ1v) is 11.3. The molecule has 3 aromatic carbocycles. The molecule has 32 heavy (non-hydrogen) atoms. The first kappa shape index (κ1) is 22.4. The lowest BCUT2D eigenvalue weighted by Gasteiger charge is -2.39. The van der Waals surface area contributed by atoms with E-state index >= 15 is 0 Å². The van der Waals surface area contributed by atoms with Crippen LogP contribution in [0.2, 0.25) is 0 Å². The lowest BCUT2D eigenvalue weighted by Crippen LogP contribution is -2.51. The van der Waals surface area contributed by atoms with Gasteiger partial charge in [-0.3, -0.25) is 9.69 Å². The van der Waals surface area contributed by atoms with E-state index in [1.165, 1.54) is 5.56 Å². The molecule has 0 saturated carbocycles. The molecule has 4 nitrogen and oxygen atoms in total. The summed E-state index contributed by atoms with van der Waals surface area (Å²) in [4.78, 5) is 14.8. The molecule has 0 N–H and O–H groups in total. The molecule has 0 unspecified atom stereocenters. The van der Waals surface area contributed by atoms with Crippen molar-refractivity contribution in [3.8, 4) is 0 Å². The van der Waals surface area contributed by atoms with Crippen LogP contribution in [0.15, 0.2) is 91.0 Å². The van der Waals surface area contributed by atoms with Gasteiger partial charge in [0.15, 0.2) is 0 Å². The number of likely N-dealkylation sites (tertiary alicyclic amines) is 1. The molecule has 1 aliphatic rings. The van der Waals surface area contributed by atoms with Crippen LogP contribution in [0, 0.1) is 0 Å². The molecule has 2 atom stereocenters. The van der Waals surface area contributed by atoms with Crippen LogP contribution in [0.25, 0.3) is 0 Å². The second-order valence-electron chi connectivity index (χ2n) is 8.35. The molecule has 4 heteroatoms. The van der Waals surface area contributed by atoms with Crippen LogP contribution >= 0.6 is 0 Å². The van der Waals surface area contributed by atoms with E-state index in [2.05, 4.69) is 53.4 Å². The van der Waals surface area contributed by atoms with Crippen molar-refractivity contribution in [2.24, 2.45) is 0 Å². The third-order valence-corrected chi connectivity index (χ3v) is 5.94. The number of hydrogen-bond donors (Lipinski definition) is 0. The Bertz CT molecular complexity index is 946. The Kier molecular flexibility index (Phi) is 8.21. The number of Topliss-reactive ketones (excluding diaryl/α,β-unsaturated/α-hetero) is 1. The molecule has 0 aromatic heterocycles. The predicted molar refractivity (Wildman–Crippen MR) is 126 cm³/mol. The molecule has 0 aliphatic carbocycles. The summed E-state index contributed by atoms with van der Waals surface area (Å²) in [5.74, 6) is 0.302. The Labute approximate surface area is 190 Å². The highest BCUT2D eigenvalue weighted by Gasteiger charge is 2.34. The van der Waals surface area contributed by atoms with Crippen LogP contribution in [0.1, 0.15) is 29.5 Å². The van der Waals surface area contributed by atoms with Crippen LogP contribution in [-0.4, -0.2) is 36.0 Å². The maximum atomic E-state index is 12.4. The minimum Gasteiger partial charge on any atom is -0.374 e. The van der Waals surface area contributed by atoms with E-state index in [9.17, 15) is 4.79 Å². The summed E-state index contributed by atoms with van der Waals surface area (Å²) in [5.41, 5.74) is 3.51. The molecule has 166 valence electrons. The first-order chi connectivity index (χ1) is 15.8. The van der Waals surface area contributed by atoms with Gasteiger partial charge in [0, 0.05) is 32.0 Å². The van der Waals surface area contributed by atoms with Crippen LogP contribution < -0.4 is 0 Å². The Morgan fingerprint density at radius 3 is 1.97 bits per heavy atom. The SMILES string of the molecule is O=C1CCN(Cc2ccccc2)[C@@H]([C@@H](COCc2ccccc2)OCc2ccccc2)C1. The van der Waals surface area contributed by atoms with Gasteiger partial charge in [-0.25, -0.2) is 0 Å². The van der Waals surface area contributed by atoms with Crippen LogP contribution in [-0.2, 0) is 34.0 Å². The summed E-state index contributed by atoms with van der Waals surface area (Å²) in [5, 5.41) is 0. The Morgan fingerprint density at radius 2 is 1.34 bits per heavy atom. The van der Waals surface area contributed by atoms with E-state index < -0.39 is 0 Å². The molecular weight excluding hydrogens is 398 g/mol. The van der Waals surface area contributed by atoms with Gasteiger partial charge >= 0.3 is 0 Å². The molecule has 0 spiro atoms. The van der Waals surface area contributed by atoms with Gasteiger partial charge in [-0.2, -0.15) is 0 Å². The zero-order valence-electron chi connectivity index (χ0n) is 18.4. The van der Waals surface area contributed by atoms with Crippen LogP contribution in [0.4, 0.5) is 0 Å². The highest BCUT2D eigenvalue weighted by Crippen LogP contribution is 2.23. The number of benzene rings is 3. The molecule has 0 radical (unpaired) electrons. The third kappa shape index (κ3) is 6.60. The molecule has 1 fully saturated rings. The summed E-state index contributed by atoms with van der Waals surface area (Å²) < 4.78 is 12.5. The molecule has 4 rings (SSSR count). The monoisotopic (exact) mass is 429 g/mol. The van der Waals surface area contributed by atoms with Gasteiger partial charge in [0.1, 0.15) is 5.78 Å². The second kappa shape index (κ2) is 11.7. The van der Waals surface area contributed by atoms with Crippen molar-refractivity contribution in [2.75, 3.05) is 13.2 Å². The number of rotatable bonds is 10. The minimum atomic E-state index is -0.188. The lowest BCUT2D eigenvalue weighted by atomic mass is 9.95. The van der Waals surface area contributed by atoms with Crippen molar-refractivity contribution >= 4 is 5.78 Å². The van der Waals surface area contributed by atoms with Gasteiger partial charge in [-0.05, 0) is 16.7 Å². The standard InChI is InChI=1S/C28H31NO3/c30-26-16-17-29(19-23-10-4-1-5-11-23)27(18-26)28(32-21-25-14-8-3-9-15-25)22-31-20-24-12-6-2-7-13-24/h1-15,27-28H,16-22H2/t27-,28-/m1/s1. The molecule has 0 bridgehead atoms. The van der Waals surface area contributed by atoms with Gasteiger partial charge in [-0.1, -0.05) is 91.0 Å². The van der Waals surface area contributed by atoms with Gasteiger partial charge < -0.3 is 9.47 Å². The topological polar surface area (TPSA) is 38.8 Å². The molecule has 1 aliphatic heterocycles. The number of ketones is 1. The number of carbonyl (C=O) groups excluding carboxylic acids is 1. The average molecular weight is 430 g/mol. The van der Waals surface area contributed by atoms with E-state index in [0.717, 1.165) is 24.2 Å². The summed E-state index contributed by atoms with van der Waals surface area (Å²) >= 11 is 0. The molecule has 0 amide bonds. The van der Waals surface area contributed by atoms with Gasteiger partial charge in [0.2, 0.25) is 0 Å². The van der Waals surface area contributed by atoms with Crippen molar-refractivity contribution in [1.82, 2.24) is 4.90 Å². The fourth-order valence-electron chi connectivity index (χ4n) is 4.19. The normalized spacial score (nSPS) is 17.9. The van der Waals surface area contributed by atoms with Gasteiger partial charge in [0.25, 0.3) is 0 Å². The zero-order chi connectivity index (χ0) is 22.0. The first-order valence-electron chi connectivity index (χ1n) is 11.3. The van der Waals surface area contributed by atoms with Crippen molar-refractivity contribution in [3.63, 3.8) is 0 Å². The summed E-state index contributed by atoms with van der Waals surface area (Å²) in [6.45, 7) is 3.05. The highest BCUT2D eigenvalue weighted by molar-refractivity contribution is 5.80.